The quantitative estimate of drug-likeness (QED) is 0.729. The molecule has 0 saturated carbocycles. The van der Waals surface area contributed by atoms with E-state index in [1.54, 1.807) is 25.3 Å². The molecule has 0 aliphatic carbocycles. The molecule has 0 saturated heterocycles. The van der Waals surface area contributed by atoms with Crippen LogP contribution in [0.3, 0.4) is 0 Å². The molecule has 1 atom stereocenters. The van der Waals surface area contributed by atoms with E-state index in [4.69, 9.17) is 0 Å². The highest BCUT2D eigenvalue weighted by molar-refractivity contribution is 5.96. The number of carbonyl (C=O) groups is 2. The fourth-order valence-electron chi connectivity index (χ4n) is 1.58. The lowest BCUT2D eigenvalue weighted by atomic mass is 10.2. The highest BCUT2D eigenvalue weighted by atomic mass is 16.2. The van der Waals surface area contributed by atoms with Gasteiger partial charge in [-0.25, -0.2) is 4.98 Å². The van der Waals surface area contributed by atoms with Crippen LogP contribution in [0.15, 0.2) is 18.3 Å². The van der Waals surface area contributed by atoms with E-state index in [1.807, 2.05) is 20.8 Å². The molecule has 0 bridgehead atoms. The van der Waals surface area contributed by atoms with Crippen LogP contribution >= 0.6 is 0 Å². The first-order chi connectivity index (χ1) is 9.43. The highest BCUT2D eigenvalue weighted by Crippen LogP contribution is 2.05. The van der Waals surface area contributed by atoms with Gasteiger partial charge < -0.3 is 16.0 Å². The van der Waals surface area contributed by atoms with Gasteiger partial charge in [0.15, 0.2) is 0 Å². The molecule has 1 aromatic rings. The maximum absolute atomic E-state index is 11.9. The third-order valence-electron chi connectivity index (χ3n) is 2.55. The van der Waals surface area contributed by atoms with Crippen molar-refractivity contribution in [3.63, 3.8) is 0 Å². The number of pyridine rings is 1. The van der Waals surface area contributed by atoms with Crippen LogP contribution in [0.25, 0.3) is 0 Å². The molecular formula is C14H22N4O2. The van der Waals surface area contributed by atoms with Gasteiger partial charge in [-0.15, -0.1) is 0 Å². The molecule has 1 unspecified atom stereocenters. The second kappa shape index (κ2) is 7.47. The van der Waals surface area contributed by atoms with Crippen LogP contribution in [-0.2, 0) is 4.79 Å². The number of anilines is 1. The van der Waals surface area contributed by atoms with Crippen molar-refractivity contribution in [1.82, 2.24) is 15.6 Å². The zero-order valence-corrected chi connectivity index (χ0v) is 12.4. The summed E-state index contributed by atoms with van der Waals surface area (Å²) < 4.78 is 0. The zero-order valence-electron chi connectivity index (χ0n) is 12.4. The Balaban J connectivity index is 2.59. The second-order valence-corrected chi connectivity index (χ2v) is 4.82. The molecule has 0 spiro atoms. The number of hydrogen-bond donors (Lipinski definition) is 3. The molecule has 6 heteroatoms. The van der Waals surface area contributed by atoms with Gasteiger partial charge in [-0.3, -0.25) is 9.59 Å². The molecular weight excluding hydrogens is 256 g/mol. The lowest BCUT2D eigenvalue weighted by molar-refractivity contribution is -0.123. The van der Waals surface area contributed by atoms with Crippen LogP contribution in [0.5, 0.6) is 0 Å². The number of carbonyl (C=O) groups excluding carboxylic acids is 2. The van der Waals surface area contributed by atoms with Crippen molar-refractivity contribution in [2.45, 2.75) is 39.8 Å². The highest BCUT2D eigenvalue weighted by Gasteiger charge is 2.17. The summed E-state index contributed by atoms with van der Waals surface area (Å²) in [5.41, 5.74) is 1.14. The van der Waals surface area contributed by atoms with Gasteiger partial charge in [-0.05, 0) is 39.8 Å². The van der Waals surface area contributed by atoms with Gasteiger partial charge in [0.1, 0.15) is 11.7 Å². The molecule has 0 aliphatic heterocycles. The minimum absolute atomic E-state index is 0.0411. The van der Waals surface area contributed by atoms with E-state index < -0.39 is 6.04 Å². The van der Waals surface area contributed by atoms with Crippen molar-refractivity contribution in [3.05, 3.63) is 24.0 Å². The normalized spacial score (nSPS) is 11.8. The Hall–Kier alpha value is -2.11. The van der Waals surface area contributed by atoms with E-state index in [9.17, 15) is 9.59 Å². The van der Waals surface area contributed by atoms with Crippen molar-refractivity contribution < 1.29 is 9.59 Å². The molecule has 3 N–H and O–H groups in total. The Bertz CT molecular complexity index is 457. The number of amides is 2. The number of nitrogens with zero attached hydrogens (tertiary/aromatic N) is 1. The van der Waals surface area contributed by atoms with E-state index in [2.05, 4.69) is 20.9 Å². The Morgan fingerprint density at radius 1 is 1.20 bits per heavy atom. The Labute approximate surface area is 119 Å². The average Bonchev–Trinajstić information content (AvgIpc) is 2.39. The third kappa shape index (κ3) is 4.87. The topological polar surface area (TPSA) is 83.1 Å². The molecule has 1 aromatic heterocycles. The predicted molar refractivity (Wildman–Crippen MR) is 78.6 cm³/mol. The van der Waals surface area contributed by atoms with Gasteiger partial charge >= 0.3 is 0 Å². The largest absolute Gasteiger partial charge is 0.384 e. The lowest BCUT2D eigenvalue weighted by Crippen LogP contribution is -2.46. The van der Waals surface area contributed by atoms with E-state index in [0.29, 0.717) is 0 Å². The third-order valence-corrected chi connectivity index (χ3v) is 2.55. The molecule has 110 valence electrons. The van der Waals surface area contributed by atoms with E-state index >= 15 is 0 Å². The van der Waals surface area contributed by atoms with Crippen LogP contribution in [0.2, 0.25) is 0 Å². The first-order valence-electron chi connectivity index (χ1n) is 6.75. The van der Waals surface area contributed by atoms with Crippen molar-refractivity contribution >= 4 is 17.5 Å². The molecule has 20 heavy (non-hydrogen) atoms. The van der Waals surface area contributed by atoms with Gasteiger partial charge in [0.25, 0.3) is 5.91 Å². The molecule has 0 fully saturated rings. The van der Waals surface area contributed by atoms with Crippen LogP contribution < -0.4 is 16.0 Å². The smallest absolute Gasteiger partial charge is 0.270 e. The number of rotatable bonds is 6. The zero-order chi connectivity index (χ0) is 15.1. The lowest BCUT2D eigenvalue weighted by Gasteiger charge is -2.15. The summed E-state index contributed by atoms with van der Waals surface area (Å²) in [5.74, 6) is -0.572. The molecule has 2 amide bonds. The van der Waals surface area contributed by atoms with Gasteiger partial charge in [-0.1, -0.05) is 0 Å². The van der Waals surface area contributed by atoms with Crippen LogP contribution in [-0.4, -0.2) is 35.4 Å². The Morgan fingerprint density at radius 2 is 1.90 bits per heavy atom. The fraction of sp³-hybridized carbons (Fsp3) is 0.500. The molecule has 0 aliphatic rings. The summed E-state index contributed by atoms with van der Waals surface area (Å²) in [4.78, 5) is 27.7. The number of nitrogens with one attached hydrogen (secondary N) is 3. The summed E-state index contributed by atoms with van der Waals surface area (Å²) in [6.07, 6.45) is 1.59. The monoisotopic (exact) mass is 278 g/mol. The molecule has 1 heterocycles. The van der Waals surface area contributed by atoms with Crippen molar-refractivity contribution in [3.8, 4) is 0 Å². The molecule has 0 aromatic carbocycles. The minimum Gasteiger partial charge on any atom is -0.384 e. The summed E-state index contributed by atoms with van der Waals surface area (Å²) >= 11 is 0. The van der Waals surface area contributed by atoms with Gasteiger partial charge in [-0.2, -0.15) is 0 Å². The SMILES string of the molecule is CCNc1ccc(C(=O)NC(C)C(=O)NC(C)C)nc1. The maximum Gasteiger partial charge on any atom is 0.270 e. The number of aromatic nitrogens is 1. The molecule has 0 radical (unpaired) electrons. The van der Waals surface area contributed by atoms with Crippen LogP contribution in [0, 0.1) is 0 Å². The Morgan fingerprint density at radius 3 is 2.40 bits per heavy atom. The van der Waals surface area contributed by atoms with Crippen molar-refractivity contribution in [2.75, 3.05) is 11.9 Å². The van der Waals surface area contributed by atoms with E-state index in [0.717, 1.165) is 12.2 Å². The minimum atomic E-state index is -0.597. The van der Waals surface area contributed by atoms with Crippen molar-refractivity contribution in [2.24, 2.45) is 0 Å². The number of hydrogen-bond acceptors (Lipinski definition) is 4. The average molecular weight is 278 g/mol. The predicted octanol–water partition coefficient (Wildman–Crippen LogP) is 1.16. The van der Waals surface area contributed by atoms with Crippen LogP contribution in [0.4, 0.5) is 5.69 Å². The van der Waals surface area contributed by atoms with Crippen LogP contribution in [0.1, 0.15) is 38.2 Å². The summed E-state index contributed by atoms with van der Waals surface area (Å²) in [7, 11) is 0. The first-order valence-corrected chi connectivity index (χ1v) is 6.75. The standard InChI is InChI=1S/C14H22N4O2/c1-5-15-11-6-7-12(16-8-11)14(20)18-10(4)13(19)17-9(2)3/h6-10,15H,5H2,1-4H3,(H,17,19)(H,18,20). The fourth-order valence-corrected chi connectivity index (χ4v) is 1.58. The molecule has 6 nitrogen and oxygen atoms in total. The first kappa shape index (κ1) is 15.9. The van der Waals surface area contributed by atoms with Gasteiger partial charge in [0.05, 0.1) is 11.9 Å². The van der Waals surface area contributed by atoms with Gasteiger partial charge in [0.2, 0.25) is 5.91 Å². The Kier molecular flexibility index (Phi) is 5.96. The van der Waals surface area contributed by atoms with Crippen molar-refractivity contribution in [1.29, 1.82) is 0 Å². The van der Waals surface area contributed by atoms with E-state index in [-0.39, 0.29) is 23.6 Å². The maximum atomic E-state index is 11.9. The summed E-state index contributed by atoms with van der Waals surface area (Å²) in [6.45, 7) is 8.15. The van der Waals surface area contributed by atoms with Gasteiger partial charge in [0, 0.05) is 12.6 Å². The second-order valence-electron chi connectivity index (χ2n) is 4.82. The molecule has 1 rings (SSSR count). The van der Waals surface area contributed by atoms with E-state index in [1.165, 1.54) is 0 Å². The summed E-state index contributed by atoms with van der Waals surface area (Å²) in [6, 6.07) is 2.85. The summed E-state index contributed by atoms with van der Waals surface area (Å²) in [5, 5.41) is 8.46.